The Balaban J connectivity index is 1.46. The highest BCUT2D eigenvalue weighted by Gasteiger charge is 2.39. The van der Waals surface area contributed by atoms with Gasteiger partial charge in [-0.2, -0.15) is 11.8 Å². The van der Waals surface area contributed by atoms with Crippen LogP contribution in [0.15, 0.2) is 94.8 Å². The van der Waals surface area contributed by atoms with Crippen LogP contribution in [0.1, 0.15) is 48.8 Å². The van der Waals surface area contributed by atoms with Crippen LogP contribution in [0.5, 0.6) is 0 Å². The number of likely N-dealkylation sites (tertiary alicyclic amines) is 1. The summed E-state index contributed by atoms with van der Waals surface area (Å²) in [5.74, 6) is -4.65. The van der Waals surface area contributed by atoms with Gasteiger partial charge in [0, 0.05) is 24.6 Å². The van der Waals surface area contributed by atoms with Crippen LogP contribution in [0.2, 0.25) is 0 Å². The molecule has 64 heavy (non-hydrogen) atoms. The highest BCUT2D eigenvalue weighted by Crippen LogP contribution is 2.22. The van der Waals surface area contributed by atoms with E-state index in [0.29, 0.717) is 17.7 Å². The maximum absolute atomic E-state index is 14.3. The third-order valence-corrected chi connectivity index (χ3v) is 12.1. The van der Waals surface area contributed by atoms with Gasteiger partial charge < -0.3 is 48.1 Å². The van der Waals surface area contributed by atoms with Crippen LogP contribution in [0.3, 0.4) is 0 Å². The molecular weight excluding hydrogens is 869 g/mol. The molecule has 1 heterocycles. The smallest absolute Gasteiger partial charge is 0.408 e. The number of nitrogens with zero attached hydrogens (tertiary/aromatic N) is 2. The van der Waals surface area contributed by atoms with E-state index >= 15 is 0 Å². The molecule has 1 aliphatic rings. The first kappa shape index (κ1) is 50.0. The van der Waals surface area contributed by atoms with Crippen molar-refractivity contribution in [3.8, 4) is 0 Å². The van der Waals surface area contributed by atoms with E-state index in [4.69, 9.17) is 21.9 Å². The van der Waals surface area contributed by atoms with Gasteiger partial charge in [-0.15, -0.1) is 0 Å². The summed E-state index contributed by atoms with van der Waals surface area (Å²) in [5, 5.41) is 10.0. The molecule has 3 aromatic rings. The Bertz CT molecular complexity index is 2230. The Hall–Kier alpha value is -6.68. The zero-order valence-corrected chi connectivity index (χ0v) is 36.8. The summed E-state index contributed by atoms with van der Waals surface area (Å²) in [6, 6.07) is 19.1. The molecule has 0 saturated carbocycles. The van der Waals surface area contributed by atoms with Gasteiger partial charge in [0.15, 0.2) is 0 Å². The van der Waals surface area contributed by atoms with E-state index in [0.717, 1.165) is 11.1 Å². The number of sulfonamides is 1. The van der Waals surface area contributed by atoms with E-state index in [1.807, 2.05) is 30.3 Å². The number of rotatable bonds is 23. The fourth-order valence-electron chi connectivity index (χ4n) is 6.41. The molecule has 0 radical (unpaired) electrons. The second-order valence-corrected chi connectivity index (χ2v) is 17.5. The number of benzene rings is 3. The molecule has 4 rings (SSSR count). The molecule has 22 heteroatoms. The standard InChI is InChI=1S/C42H54N10O10S2/c1-27-16-18-30(19-17-27)64(60,61)51-41(45)46-20-8-14-31(37(55)47-23-36(44)54)48-39(57)34-15-9-21-52(34)40(58)33(26-63-25-29-12-6-3-7-13-29)49-38(56)32(22-35(43)53)50-42(59)62-24-28-10-4-2-5-11-28/h2-7,10-13,16-19,31-34H,8-9,14-15,20-26H2,1H3,(H2,43,53)(H2,44,54)(H,47,55)(H,48,57)(H,49,56)(H,50,59)(H3,45,46,51)/t31-,32+,33+,34+/m1/s1. The van der Waals surface area contributed by atoms with E-state index in [-0.39, 0.29) is 49.6 Å². The van der Waals surface area contributed by atoms with Gasteiger partial charge in [-0.25, -0.2) is 17.9 Å². The second kappa shape index (κ2) is 24.8. The number of primary amides is 2. The molecule has 1 fully saturated rings. The predicted octanol–water partition coefficient (Wildman–Crippen LogP) is 0.0341. The Kier molecular flexibility index (Phi) is 19.4. The van der Waals surface area contributed by atoms with E-state index < -0.39 is 94.7 Å². The molecule has 3 aromatic carbocycles. The lowest BCUT2D eigenvalue weighted by Crippen LogP contribution is -2.59. The van der Waals surface area contributed by atoms with E-state index in [1.165, 1.54) is 28.8 Å². The normalized spacial score (nSPS) is 15.2. The van der Waals surface area contributed by atoms with E-state index in [9.17, 15) is 42.0 Å². The molecule has 0 aromatic heterocycles. The Labute approximate surface area is 375 Å². The molecule has 1 aliphatic heterocycles. The summed E-state index contributed by atoms with van der Waals surface area (Å²) in [6.07, 6.45) is -0.954. The number of aryl methyl sites for hydroxylation is 1. The molecule has 0 spiro atoms. The van der Waals surface area contributed by atoms with Crippen molar-refractivity contribution in [1.82, 2.24) is 30.9 Å². The Morgan fingerprint density at radius 1 is 0.812 bits per heavy atom. The van der Waals surface area contributed by atoms with Crippen LogP contribution in [0.4, 0.5) is 4.79 Å². The van der Waals surface area contributed by atoms with Gasteiger partial charge in [0.25, 0.3) is 10.0 Å². The van der Waals surface area contributed by atoms with Crippen molar-refractivity contribution in [2.45, 2.75) is 80.5 Å². The van der Waals surface area contributed by atoms with Gasteiger partial charge in [-0.1, -0.05) is 78.4 Å². The number of hydrogen-bond donors (Lipinski definition) is 8. The second-order valence-electron chi connectivity index (χ2n) is 14.8. The third-order valence-electron chi connectivity index (χ3n) is 9.65. The molecule has 4 atom stereocenters. The largest absolute Gasteiger partial charge is 0.445 e. The summed E-state index contributed by atoms with van der Waals surface area (Å²) in [4.78, 5) is 96.8. The first-order chi connectivity index (χ1) is 30.5. The van der Waals surface area contributed by atoms with Crippen LogP contribution in [-0.4, -0.2) is 110 Å². The number of aliphatic imine (C=N–C) groups is 1. The zero-order valence-electron chi connectivity index (χ0n) is 35.2. The van der Waals surface area contributed by atoms with E-state index in [1.54, 1.807) is 49.4 Å². The van der Waals surface area contributed by atoms with Gasteiger partial charge in [-0.05, 0) is 55.9 Å². The fourth-order valence-corrected chi connectivity index (χ4v) is 8.37. The van der Waals surface area contributed by atoms with Crippen molar-refractivity contribution in [3.05, 3.63) is 102 Å². The summed E-state index contributed by atoms with van der Waals surface area (Å²) >= 11 is 1.32. The number of carbonyl (C=O) groups excluding carboxylic acids is 7. The van der Waals surface area contributed by atoms with Gasteiger partial charge in [0.05, 0.1) is 17.9 Å². The fraction of sp³-hybridized carbons (Fsp3) is 0.381. The zero-order chi connectivity index (χ0) is 46.6. The number of thioether (sulfide) groups is 1. The maximum Gasteiger partial charge on any atom is 0.408 e. The lowest BCUT2D eigenvalue weighted by Gasteiger charge is -2.30. The molecule has 344 valence electrons. The lowest BCUT2D eigenvalue weighted by molar-refractivity contribution is -0.142. The number of nitrogens with one attached hydrogen (secondary N) is 5. The molecule has 20 nitrogen and oxygen atoms in total. The number of alkyl carbamates (subject to hydrolysis) is 1. The number of hydrogen-bond acceptors (Lipinski definition) is 12. The van der Waals surface area contributed by atoms with E-state index in [2.05, 4.69) is 31.0 Å². The number of nitrogens with two attached hydrogens (primary N) is 3. The monoisotopic (exact) mass is 922 g/mol. The minimum atomic E-state index is -4.02. The minimum Gasteiger partial charge on any atom is -0.445 e. The van der Waals surface area contributed by atoms with Crippen LogP contribution in [-0.2, 0) is 55.9 Å². The topological polar surface area (TPSA) is 317 Å². The van der Waals surface area contributed by atoms with Crippen LogP contribution >= 0.6 is 11.8 Å². The highest BCUT2D eigenvalue weighted by atomic mass is 32.2. The minimum absolute atomic E-state index is 0.0228. The van der Waals surface area contributed by atoms with Crippen molar-refractivity contribution >= 4 is 69.3 Å². The summed E-state index contributed by atoms with van der Waals surface area (Å²) in [7, 11) is -4.02. The number of amides is 7. The molecule has 1 saturated heterocycles. The summed E-state index contributed by atoms with van der Waals surface area (Å²) in [6.45, 7) is 1.21. The van der Waals surface area contributed by atoms with Gasteiger partial charge in [0.2, 0.25) is 41.4 Å². The summed E-state index contributed by atoms with van der Waals surface area (Å²) in [5.41, 5.74) is 19.0. The maximum atomic E-state index is 14.3. The molecule has 0 unspecified atom stereocenters. The van der Waals surface area contributed by atoms with Crippen LogP contribution < -0.4 is 43.2 Å². The van der Waals surface area contributed by atoms with Crippen molar-refractivity contribution < 1.29 is 46.7 Å². The average molecular weight is 923 g/mol. The van der Waals surface area contributed by atoms with Gasteiger partial charge in [-0.3, -0.25) is 33.8 Å². The third kappa shape index (κ3) is 16.5. The summed E-state index contributed by atoms with van der Waals surface area (Å²) < 4.78 is 32.8. The number of guanidine groups is 1. The molecule has 11 N–H and O–H groups in total. The molecule has 0 bridgehead atoms. The Morgan fingerprint density at radius 3 is 2.11 bits per heavy atom. The van der Waals surface area contributed by atoms with Crippen LogP contribution in [0, 0.1) is 6.92 Å². The lowest BCUT2D eigenvalue weighted by atomic mass is 10.1. The van der Waals surface area contributed by atoms with Gasteiger partial charge in [0.1, 0.15) is 30.8 Å². The molecule has 0 aliphatic carbocycles. The SMILES string of the molecule is Cc1ccc(S(=O)(=O)NC(N)=NCCC[C@@H](NC(=O)[C@@H]2CCCN2C(=O)[C@H](CSCc2ccccc2)NC(=O)[C@H](CC(N)=O)NC(=O)OCc2ccccc2)C(=O)NCC(N)=O)cc1. The first-order valence-electron chi connectivity index (χ1n) is 20.3. The molecular formula is C42H54N10O10S2. The van der Waals surface area contributed by atoms with Crippen LogP contribution in [0.25, 0.3) is 0 Å². The van der Waals surface area contributed by atoms with Crippen molar-refractivity contribution in [2.75, 3.05) is 25.4 Å². The van der Waals surface area contributed by atoms with Gasteiger partial charge >= 0.3 is 6.09 Å². The average Bonchev–Trinajstić information content (AvgIpc) is 3.76. The number of ether oxygens (including phenoxy) is 1. The Morgan fingerprint density at radius 2 is 1.47 bits per heavy atom. The molecule has 7 amide bonds. The van der Waals surface area contributed by atoms with Crippen molar-refractivity contribution in [3.63, 3.8) is 0 Å². The quantitative estimate of drug-likeness (QED) is 0.0355. The highest BCUT2D eigenvalue weighted by molar-refractivity contribution is 7.98. The van der Waals surface area contributed by atoms with Crippen molar-refractivity contribution in [2.24, 2.45) is 22.2 Å². The first-order valence-corrected chi connectivity index (χ1v) is 22.9. The number of carbonyl (C=O) groups is 7. The van der Waals surface area contributed by atoms with Crippen molar-refractivity contribution in [1.29, 1.82) is 0 Å². The predicted molar refractivity (Wildman–Crippen MR) is 238 cm³/mol.